The average molecular weight is 373 g/mol. The molecule has 94 valence electrons. The van der Waals surface area contributed by atoms with Crippen molar-refractivity contribution in [1.29, 1.82) is 0 Å². The first kappa shape index (κ1) is 13.4. The average Bonchev–Trinajstić information content (AvgIpc) is 2.76. The van der Waals surface area contributed by atoms with E-state index in [9.17, 15) is 4.79 Å². The number of rotatable bonds is 3. The van der Waals surface area contributed by atoms with E-state index in [2.05, 4.69) is 37.2 Å². The number of amides is 1. The summed E-state index contributed by atoms with van der Waals surface area (Å²) >= 11 is 6.54. The van der Waals surface area contributed by atoms with Crippen LogP contribution in [-0.4, -0.2) is 5.91 Å². The molecule has 1 amide bonds. The van der Waals surface area contributed by atoms with Crippen LogP contribution in [0.2, 0.25) is 0 Å². The van der Waals surface area contributed by atoms with Crippen LogP contribution in [0.25, 0.3) is 0 Å². The van der Waals surface area contributed by atoms with Crippen molar-refractivity contribution in [2.24, 2.45) is 0 Å². The Morgan fingerprint density at radius 2 is 1.83 bits per heavy atom. The second-order valence-electron chi connectivity index (χ2n) is 3.85. The molecule has 2 aromatic rings. The molecule has 0 bridgehead atoms. The van der Waals surface area contributed by atoms with Crippen LogP contribution < -0.4 is 5.32 Å². The van der Waals surface area contributed by atoms with Gasteiger partial charge < -0.3 is 9.73 Å². The summed E-state index contributed by atoms with van der Waals surface area (Å²) in [5, 5.41) is 2.88. The number of carbonyl (C=O) groups is 1. The van der Waals surface area contributed by atoms with E-state index in [1.807, 2.05) is 31.2 Å². The molecule has 1 heterocycles. The van der Waals surface area contributed by atoms with Crippen molar-refractivity contribution in [2.45, 2.75) is 13.0 Å². The van der Waals surface area contributed by atoms with E-state index in [4.69, 9.17) is 4.42 Å². The van der Waals surface area contributed by atoms with Crippen molar-refractivity contribution in [3.63, 3.8) is 0 Å². The number of benzene rings is 1. The van der Waals surface area contributed by atoms with Gasteiger partial charge in [0.05, 0.1) is 6.04 Å². The molecule has 0 saturated heterocycles. The van der Waals surface area contributed by atoms with E-state index in [1.165, 1.54) is 0 Å². The van der Waals surface area contributed by atoms with Crippen molar-refractivity contribution in [1.82, 2.24) is 5.32 Å². The molecular formula is C13H11Br2NO2. The summed E-state index contributed by atoms with van der Waals surface area (Å²) in [7, 11) is 0. The third-order valence-electron chi connectivity index (χ3n) is 2.51. The molecule has 0 fully saturated rings. The van der Waals surface area contributed by atoms with E-state index < -0.39 is 0 Å². The quantitative estimate of drug-likeness (QED) is 0.872. The standard InChI is InChI=1S/C13H11Br2NO2/c1-8(9-2-4-10(14)5-3-9)16-13(17)11-6-7-12(15)18-11/h2-8H,1H3,(H,16,17)/t8-/m1/s1. The number of carbonyl (C=O) groups excluding carboxylic acids is 1. The summed E-state index contributed by atoms with van der Waals surface area (Å²) in [6, 6.07) is 11.1. The summed E-state index contributed by atoms with van der Waals surface area (Å²) in [4.78, 5) is 11.9. The lowest BCUT2D eigenvalue weighted by atomic mass is 10.1. The van der Waals surface area contributed by atoms with Gasteiger partial charge in [0.2, 0.25) is 0 Å². The van der Waals surface area contributed by atoms with Gasteiger partial charge in [-0.05, 0) is 52.7 Å². The molecule has 0 aliphatic heterocycles. The van der Waals surface area contributed by atoms with Gasteiger partial charge in [0.25, 0.3) is 5.91 Å². The maximum Gasteiger partial charge on any atom is 0.287 e. The van der Waals surface area contributed by atoms with Crippen LogP contribution in [0, 0.1) is 0 Å². The van der Waals surface area contributed by atoms with Crippen molar-refractivity contribution in [3.8, 4) is 0 Å². The van der Waals surface area contributed by atoms with Gasteiger partial charge in [-0.25, -0.2) is 0 Å². The topological polar surface area (TPSA) is 42.2 Å². The Hall–Kier alpha value is -1.07. The first-order valence-corrected chi connectivity index (χ1v) is 6.96. The first-order valence-electron chi connectivity index (χ1n) is 5.38. The smallest absolute Gasteiger partial charge is 0.287 e. The molecule has 1 N–H and O–H groups in total. The molecule has 0 aliphatic rings. The normalized spacial score (nSPS) is 12.2. The van der Waals surface area contributed by atoms with E-state index in [0.29, 0.717) is 10.4 Å². The number of furan rings is 1. The first-order chi connectivity index (χ1) is 8.56. The molecule has 1 aromatic carbocycles. The van der Waals surface area contributed by atoms with Gasteiger partial charge in [-0.2, -0.15) is 0 Å². The zero-order chi connectivity index (χ0) is 13.1. The molecule has 1 atom stereocenters. The van der Waals surface area contributed by atoms with Crippen molar-refractivity contribution < 1.29 is 9.21 Å². The van der Waals surface area contributed by atoms with Gasteiger partial charge in [-0.3, -0.25) is 4.79 Å². The molecule has 5 heteroatoms. The zero-order valence-corrected chi connectivity index (χ0v) is 12.8. The van der Waals surface area contributed by atoms with Gasteiger partial charge in [-0.1, -0.05) is 28.1 Å². The minimum absolute atomic E-state index is 0.0746. The Labute approximate surface area is 122 Å². The molecule has 18 heavy (non-hydrogen) atoms. The van der Waals surface area contributed by atoms with Gasteiger partial charge in [0, 0.05) is 4.47 Å². The van der Waals surface area contributed by atoms with Crippen LogP contribution in [0.15, 0.2) is 50.0 Å². The highest BCUT2D eigenvalue weighted by Crippen LogP contribution is 2.18. The minimum Gasteiger partial charge on any atom is -0.444 e. The van der Waals surface area contributed by atoms with Crippen LogP contribution in [0.4, 0.5) is 0 Å². The van der Waals surface area contributed by atoms with Gasteiger partial charge in [0.1, 0.15) is 0 Å². The highest BCUT2D eigenvalue weighted by atomic mass is 79.9. The lowest BCUT2D eigenvalue weighted by Crippen LogP contribution is -2.26. The SMILES string of the molecule is C[C@@H](NC(=O)c1ccc(Br)o1)c1ccc(Br)cc1. The lowest BCUT2D eigenvalue weighted by molar-refractivity contribution is 0.0910. The largest absolute Gasteiger partial charge is 0.444 e. The third-order valence-corrected chi connectivity index (χ3v) is 3.47. The van der Waals surface area contributed by atoms with Gasteiger partial charge in [-0.15, -0.1) is 0 Å². The van der Waals surface area contributed by atoms with E-state index in [0.717, 1.165) is 10.0 Å². The third kappa shape index (κ3) is 3.23. The van der Waals surface area contributed by atoms with Crippen LogP contribution >= 0.6 is 31.9 Å². The highest BCUT2D eigenvalue weighted by molar-refractivity contribution is 9.10. The van der Waals surface area contributed by atoms with Gasteiger partial charge in [0.15, 0.2) is 10.4 Å². The Bertz CT molecular complexity index is 548. The second kappa shape index (κ2) is 5.71. The Morgan fingerprint density at radius 3 is 2.39 bits per heavy atom. The van der Waals surface area contributed by atoms with Crippen LogP contribution in [-0.2, 0) is 0 Å². The predicted molar refractivity (Wildman–Crippen MR) is 76.4 cm³/mol. The Balaban J connectivity index is 2.05. The van der Waals surface area contributed by atoms with E-state index >= 15 is 0 Å². The summed E-state index contributed by atoms with van der Waals surface area (Å²) in [6.07, 6.45) is 0. The zero-order valence-electron chi connectivity index (χ0n) is 9.61. The molecule has 3 nitrogen and oxygen atoms in total. The molecule has 0 spiro atoms. The van der Waals surface area contributed by atoms with Gasteiger partial charge >= 0.3 is 0 Å². The Morgan fingerprint density at radius 1 is 1.17 bits per heavy atom. The lowest BCUT2D eigenvalue weighted by Gasteiger charge is -2.13. The van der Waals surface area contributed by atoms with E-state index in [-0.39, 0.29) is 11.9 Å². The van der Waals surface area contributed by atoms with Crippen LogP contribution in [0.1, 0.15) is 29.1 Å². The van der Waals surface area contributed by atoms with Crippen LogP contribution in [0.3, 0.4) is 0 Å². The van der Waals surface area contributed by atoms with E-state index in [1.54, 1.807) is 12.1 Å². The number of hydrogen-bond acceptors (Lipinski definition) is 2. The van der Waals surface area contributed by atoms with Crippen molar-refractivity contribution in [2.75, 3.05) is 0 Å². The molecular weight excluding hydrogens is 362 g/mol. The fraction of sp³-hybridized carbons (Fsp3) is 0.154. The Kier molecular flexibility index (Phi) is 4.24. The molecule has 0 radical (unpaired) electrons. The fourth-order valence-electron chi connectivity index (χ4n) is 1.54. The van der Waals surface area contributed by atoms with Crippen LogP contribution in [0.5, 0.6) is 0 Å². The molecule has 0 aliphatic carbocycles. The highest BCUT2D eigenvalue weighted by Gasteiger charge is 2.14. The maximum absolute atomic E-state index is 11.9. The summed E-state index contributed by atoms with van der Waals surface area (Å²) in [5.41, 5.74) is 1.04. The molecule has 0 unspecified atom stereocenters. The molecule has 1 aromatic heterocycles. The minimum atomic E-state index is -0.226. The monoisotopic (exact) mass is 371 g/mol. The summed E-state index contributed by atoms with van der Waals surface area (Å²) in [6.45, 7) is 1.93. The molecule has 0 saturated carbocycles. The van der Waals surface area contributed by atoms with Crippen molar-refractivity contribution >= 4 is 37.8 Å². The second-order valence-corrected chi connectivity index (χ2v) is 5.55. The summed E-state index contributed by atoms with van der Waals surface area (Å²) in [5.74, 6) is 0.0713. The molecule has 2 rings (SSSR count). The maximum atomic E-state index is 11.9. The number of nitrogens with one attached hydrogen (secondary N) is 1. The number of halogens is 2. The summed E-state index contributed by atoms with van der Waals surface area (Å²) < 4.78 is 6.76. The fourth-order valence-corrected chi connectivity index (χ4v) is 2.11. The van der Waals surface area contributed by atoms with Crippen molar-refractivity contribution in [3.05, 3.63) is 56.9 Å². The number of hydrogen-bond donors (Lipinski definition) is 1. The predicted octanol–water partition coefficient (Wildman–Crippen LogP) is 4.30.